The first-order valence-corrected chi connectivity index (χ1v) is 5.68. The van der Waals surface area contributed by atoms with Crippen molar-refractivity contribution in [3.63, 3.8) is 0 Å². The lowest BCUT2D eigenvalue weighted by Gasteiger charge is -2.19. The number of nitrogens with zero attached hydrogens (tertiary/aromatic N) is 2. The summed E-state index contributed by atoms with van der Waals surface area (Å²) in [4.78, 5) is 13.0. The van der Waals surface area contributed by atoms with Crippen LogP contribution >= 0.6 is 0 Å². The Morgan fingerprint density at radius 3 is 3.24 bits per heavy atom. The van der Waals surface area contributed by atoms with Crippen LogP contribution in [0.3, 0.4) is 0 Å². The van der Waals surface area contributed by atoms with Crippen LogP contribution in [0, 0.1) is 5.92 Å². The molecule has 0 radical (unpaired) electrons. The summed E-state index contributed by atoms with van der Waals surface area (Å²) >= 11 is 0. The van der Waals surface area contributed by atoms with Gasteiger partial charge in [-0.15, -0.1) is 0 Å². The van der Waals surface area contributed by atoms with Crippen LogP contribution in [-0.4, -0.2) is 53.0 Å². The van der Waals surface area contributed by atoms with Crippen LogP contribution in [0.5, 0.6) is 0 Å². The molecular formula is C11H17N3O3. The minimum absolute atomic E-state index is 0.180. The predicted octanol–water partition coefficient (Wildman–Crippen LogP) is 0.576. The maximum Gasteiger partial charge on any atom is 0.354 e. The number of carboxylic acid groups (broad SMARTS) is 1. The third-order valence-electron chi connectivity index (χ3n) is 2.97. The molecule has 0 aromatic carbocycles. The van der Waals surface area contributed by atoms with Crippen LogP contribution in [0.15, 0.2) is 6.20 Å². The molecule has 1 aromatic heterocycles. The number of rotatable bonds is 5. The third-order valence-corrected chi connectivity index (χ3v) is 2.97. The Morgan fingerprint density at radius 2 is 2.59 bits per heavy atom. The van der Waals surface area contributed by atoms with E-state index in [1.807, 2.05) is 7.05 Å². The van der Waals surface area contributed by atoms with Gasteiger partial charge in [0.25, 0.3) is 0 Å². The molecule has 0 saturated carbocycles. The van der Waals surface area contributed by atoms with E-state index in [0.29, 0.717) is 12.5 Å². The Morgan fingerprint density at radius 1 is 1.76 bits per heavy atom. The molecule has 0 aliphatic carbocycles. The van der Waals surface area contributed by atoms with E-state index in [2.05, 4.69) is 15.1 Å². The van der Waals surface area contributed by atoms with E-state index in [1.165, 1.54) is 0 Å². The summed E-state index contributed by atoms with van der Waals surface area (Å²) < 4.78 is 5.32. The molecule has 1 aliphatic heterocycles. The van der Waals surface area contributed by atoms with Gasteiger partial charge in [0.1, 0.15) is 5.69 Å². The van der Waals surface area contributed by atoms with Crippen molar-refractivity contribution in [1.82, 2.24) is 15.1 Å². The number of ether oxygens (including phenoxy) is 1. The number of H-pyrrole nitrogens is 1. The summed E-state index contributed by atoms with van der Waals surface area (Å²) in [6, 6.07) is 0. The van der Waals surface area contributed by atoms with E-state index in [-0.39, 0.29) is 5.69 Å². The average Bonchev–Trinajstić information content (AvgIpc) is 2.88. The Kier molecular flexibility index (Phi) is 3.75. The van der Waals surface area contributed by atoms with E-state index < -0.39 is 5.97 Å². The minimum atomic E-state index is -0.963. The van der Waals surface area contributed by atoms with Gasteiger partial charge in [-0.25, -0.2) is 4.79 Å². The Balaban J connectivity index is 1.90. The smallest absolute Gasteiger partial charge is 0.354 e. The molecule has 17 heavy (non-hydrogen) atoms. The number of carbonyl (C=O) groups is 1. The lowest BCUT2D eigenvalue weighted by Crippen LogP contribution is -2.26. The highest BCUT2D eigenvalue weighted by Gasteiger charge is 2.19. The van der Waals surface area contributed by atoms with Gasteiger partial charge in [-0.2, -0.15) is 5.10 Å². The Bertz CT molecular complexity index is 385. The Labute approximate surface area is 99.6 Å². The molecule has 1 unspecified atom stereocenters. The van der Waals surface area contributed by atoms with Gasteiger partial charge in [-0.3, -0.25) is 5.10 Å². The van der Waals surface area contributed by atoms with Gasteiger partial charge in [-0.05, 0) is 19.4 Å². The second-order valence-electron chi connectivity index (χ2n) is 4.50. The second-order valence-corrected chi connectivity index (χ2v) is 4.50. The number of hydrogen-bond donors (Lipinski definition) is 2. The summed E-state index contributed by atoms with van der Waals surface area (Å²) in [6.45, 7) is 3.16. The fourth-order valence-electron chi connectivity index (χ4n) is 2.14. The van der Waals surface area contributed by atoms with Crippen molar-refractivity contribution in [3.8, 4) is 0 Å². The maximum absolute atomic E-state index is 10.9. The van der Waals surface area contributed by atoms with Crippen molar-refractivity contribution in [2.24, 2.45) is 5.92 Å². The monoisotopic (exact) mass is 239 g/mol. The second kappa shape index (κ2) is 5.29. The number of hydrogen-bond acceptors (Lipinski definition) is 4. The molecule has 2 heterocycles. The molecular weight excluding hydrogens is 222 g/mol. The van der Waals surface area contributed by atoms with Gasteiger partial charge >= 0.3 is 5.97 Å². The zero-order valence-corrected chi connectivity index (χ0v) is 9.85. The molecule has 6 nitrogen and oxygen atoms in total. The lowest BCUT2D eigenvalue weighted by atomic mass is 10.1. The molecule has 1 atom stereocenters. The fraction of sp³-hybridized carbons (Fsp3) is 0.636. The van der Waals surface area contributed by atoms with E-state index >= 15 is 0 Å². The van der Waals surface area contributed by atoms with E-state index in [9.17, 15) is 4.79 Å². The molecule has 2 rings (SSSR count). The zero-order chi connectivity index (χ0) is 12.3. The number of aromatic carboxylic acids is 1. The summed E-state index contributed by atoms with van der Waals surface area (Å²) in [5.41, 5.74) is 0.901. The van der Waals surface area contributed by atoms with Crippen LogP contribution in [0.25, 0.3) is 0 Å². The minimum Gasteiger partial charge on any atom is -0.477 e. The molecule has 6 heteroatoms. The highest BCUT2D eigenvalue weighted by Crippen LogP contribution is 2.15. The van der Waals surface area contributed by atoms with Gasteiger partial charge in [-0.1, -0.05) is 0 Å². The predicted molar refractivity (Wildman–Crippen MR) is 60.8 cm³/mol. The van der Waals surface area contributed by atoms with Gasteiger partial charge in [0.15, 0.2) is 0 Å². The number of carboxylic acids is 1. The topological polar surface area (TPSA) is 78.5 Å². The highest BCUT2D eigenvalue weighted by molar-refractivity contribution is 5.86. The van der Waals surface area contributed by atoms with Crippen molar-refractivity contribution in [1.29, 1.82) is 0 Å². The summed E-state index contributed by atoms with van der Waals surface area (Å²) in [6.07, 6.45) is 2.66. The number of aromatic amines is 1. The largest absolute Gasteiger partial charge is 0.477 e. The average molecular weight is 239 g/mol. The third kappa shape index (κ3) is 3.04. The first-order chi connectivity index (χ1) is 8.16. The SMILES string of the molecule is CN(Cc1cn[nH]c1C(=O)O)CC1CCOC1. The van der Waals surface area contributed by atoms with Crippen LogP contribution < -0.4 is 0 Å². The maximum atomic E-state index is 10.9. The van der Waals surface area contributed by atoms with Gasteiger partial charge < -0.3 is 14.7 Å². The molecule has 1 aliphatic rings. The molecule has 94 valence electrons. The normalized spacial score (nSPS) is 20.0. The van der Waals surface area contributed by atoms with Crippen molar-refractivity contribution >= 4 is 5.97 Å². The van der Waals surface area contributed by atoms with Crippen LogP contribution in [0.1, 0.15) is 22.5 Å². The van der Waals surface area contributed by atoms with E-state index in [1.54, 1.807) is 6.20 Å². The van der Waals surface area contributed by atoms with Crippen molar-refractivity contribution in [2.75, 3.05) is 26.8 Å². The van der Waals surface area contributed by atoms with Crippen LogP contribution in [-0.2, 0) is 11.3 Å². The molecule has 0 amide bonds. The quantitative estimate of drug-likeness (QED) is 0.785. The summed E-state index contributed by atoms with van der Waals surface area (Å²) in [7, 11) is 1.98. The molecule has 1 aromatic rings. The number of nitrogens with one attached hydrogen (secondary N) is 1. The molecule has 0 spiro atoms. The van der Waals surface area contributed by atoms with Crippen molar-refractivity contribution < 1.29 is 14.6 Å². The van der Waals surface area contributed by atoms with E-state index in [0.717, 1.165) is 31.7 Å². The molecule has 2 N–H and O–H groups in total. The van der Waals surface area contributed by atoms with Crippen molar-refractivity contribution in [3.05, 3.63) is 17.5 Å². The lowest BCUT2D eigenvalue weighted by molar-refractivity contribution is 0.0688. The van der Waals surface area contributed by atoms with Crippen LogP contribution in [0.4, 0.5) is 0 Å². The summed E-state index contributed by atoms with van der Waals surface area (Å²) in [5, 5.41) is 15.2. The van der Waals surface area contributed by atoms with Gasteiger partial charge in [0, 0.05) is 25.3 Å². The standard InChI is InChI=1S/C11H17N3O3/c1-14(5-8-2-3-17-7-8)6-9-4-12-13-10(9)11(15)16/h4,8H,2-3,5-7H2,1H3,(H,12,13)(H,15,16). The fourth-order valence-corrected chi connectivity index (χ4v) is 2.14. The first kappa shape index (κ1) is 12.1. The van der Waals surface area contributed by atoms with E-state index in [4.69, 9.17) is 9.84 Å². The van der Waals surface area contributed by atoms with Crippen LogP contribution in [0.2, 0.25) is 0 Å². The van der Waals surface area contributed by atoms with Crippen molar-refractivity contribution in [2.45, 2.75) is 13.0 Å². The molecule has 1 saturated heterocycles. The molecule has 0 bridgehead atoms. The first-order valence-electron chi connectivity index (χ1n) is 5.68. The highest BCUT2D eigenvalue weighted by atomic mass is 16.5. The Hall–Kier alpha value is -1.40. The molecule has 1 fully saturated rings. The van der Waals surface area contributed by atoms with Gasteiger partial charge in [0.2, 0.25) is 0 Å². The zero-order valence-electron chi connectivity index (χ0n) is 9.85. The number of aromatic nitrogens is 2. The van der Waals surface area contributed by atoms with Gasteiger partial charge in [0.05, 0.1) is 12.8 Å². The summed E-state index contributed by atoms with van der Waals surface area (Å²) in [5.74, 6) is -0.407.